The van der Waals surface area contributed by atoms with Crippen molar-refractivity contribution in [1.29, 1.82) is 0 Å². The summed E-state index contributed by atoms with van der Waals surface area (Å²) in [6, 6.07) is 6.00. The number of benzene rings is 1. The molecule has 0 atom stereocenters. The molecule has 1 aromatic carbocycles. The summed E-state index contributed by atoms with van der Waals surface area (Å²) in [6.07, 6.45) is 3.89. The van der Waals surface area contributed by atoms with E-state index in [0.717, 1.165) is 56.7 Å². The van der Waals surface area contributed by atoms with E-state index in [1.54, 1.807) is 0 Å². The van der Waals surface area contributed by atoms with Crippen LogP contribution in [0.3, 0.4) is 0 Å². The fraction of sp³-hybridized carbons (Fsp3) is 0.562. The lowest BCUT2D eigenvalue weighted by Crippen LogP contribution is -2.40. The normalized spacial score (nSPS) is 21.3. The Morgan fingerprint density at radius 3 is 2.89 bits per heavy atom. The molecule has 1 N–H and O–H groups in total. The summed E-state index contributed by atoms with van der Waals surface area (Å²) in [6.45, 7) is 4.68. The van der Waals surface area contributed by atoms with E-state index >= 15 is 0 Å². The number of rotatable bonds is 2. The average Bonchev–Trinajstić information content (AvgIpc) is 2.47. The van der Waals surface area contributed by atoms with E-state index in [1.807, 2.05) is 12.1 Å². The standard InChI is InChI=1S/C16H21NO2/c1-16(7-9-17-10-8-16)15(18)13-6-2-4-12-5-3-11-19-14(12)13/h2,4,6,17H,3,5,7-11H2,1H3. The predicted molar refractivity (Wildman–Crippen MR) is 74.8 cm³/mol. The highest BCUT2D eigenvalue weighted by Crippen LogP contribution is 2.37. The number of carbonyl (C=O) groups is 1. The molecule has 0 unspecified atom stereocenters. The second kappa shape index (κ2) is 4.97. The monoisotopic (exact) mass is 259 g/mol. The van der Waals surface area contributed by atoms with Crippen molar-refractivity contribution in [1.82, 2.24) is 5.32 Å². The molecule has 2 aliphatic heterocycles. The molecule has 3 rings (SSSR count). The molecule has 2 heterocycles. The number of ketones is 1. The highest BCUT2D eigenvalue weighted by molar-refractivity contribution is 6.03. The first-order valence-electron chi connectivity index (χ1n) is 7.21. The molecule has 19 heavy (non-hydrogen) atoms. The van der Waals surface area contributed by atoms with Crippen LogP contribution in [-0.4, -0.2) is 25.5 Å². The van der Waals surface area contributed by atoms with E-state index < -0.39 is 0 Å². The lowest BCUT2D eigenvalue weighted by molar-refractivity contribution is 0.0757. The lowest BCUT2D eigenvalue weighted by Gasteiger charge is -2.33. The second-order valence-corrected chi connectivity index (χ2v) is 5.89. The van der Waals surface area contributed by atoms with Gasteiger partial charge in [0.05, 0.1) is 12.2 Å². The predicted octanol–water partition coefficient (Wildman–Crippen LogP) is 2.58. The Morgan fingerprint density at radius 2 is 2.11 bits per heavy atom. The van der Waals surface area contributed by atoms with Crippen molar-refractivity contribution >= 4 is 5.78 Å². The van der Waals surface area contributed by atoms with Crippen molar-refractivity contribution in [2.75, 3.05) is 19.7 Å². The van der Waals surface area contributed by atoms with Crippen LogP contribution in [0.4, 0.5) is 0 Å². The molecule has 0 aliphatic carbocycles. The Morgan fingerprint density at radius 1 is 1.32 bits per heavy atom. The van der Waals surface area contributed by atoms with Crippen LogP contribution in [0.15, 0.2) is 18.2 Å². The summed E-state index contributed by atoms with van der Waals surface area (Å²) in [5.74, 6) is 1.10. The number of nitrogens with one attached hydrogen (secondary N) is 1. The van der Waals surface area contributed by atoms with E-state index in [0.29, 0.717) is 0 Å². The first kappa shape index (κ1) is 12.7. The van der Waals surface area contributed by atoms with E-state index in [2.05, 4.69) is 18.3 Å². The smallest absolute Gasteiger partial charge is 0.172 e. The van der Waals surface area contributed by atoms with Crippen molar-refractivity contribution in [2.45, 2.75) is 32.6 Å². The van der Waals surface area contributed by atoms with Crippen LogP contribution in [0.1, 0.15) is 42.1 Å². The molecule has 1 fully saturated rings. The van der Waals surface area contributed by atoms with E-state index in [1.165, 1.54) is 5.56 Å². The third-order valence-corrected chi connectivity index (χ3v) is 4.43. The summed E-state index contributed by atoms with van der Waals surface area (Å²) in [4.78, 5) is 12.9. The van der Waals surface area contributed by atoms with Gasteiger partial charge in [-0.25, -0.2) is 0 Å². The van der Waals surface area contributed by atoms with Crippen molar-refractivity contribution in [3.05, 3.63) is 29.3 Å². The lowest BCUT2D eigenvalue weighted by atomic mass is 9.74. The van der Waals surface area contributed by atoms with Crippen molar-refractivity contribution in [2.24, 2.45) is 5.41 Å². The zero-order valence-corrected chi connectivity index (χ0v) is 11.5. The molecule has 0 bridgehead atoms. The highest BCUT2D eigenvalue weighted by Gasteiger charge is 2.37. The van der Waals surface area contributed by atoms with E-state index in [4.69, 9.17) is 4.74 Å². The van der Waals surface area contributed by atoms with Gasteiger partial charge in [0, 0.05) is 5.41 Å². The molecule has 3 nitrogen and oxygen atoms in total. The zero-order chi connectivity index (χ0) is 13.3. The van der Waals surface area contributed by atoms with Crippen LogP contribution in [0.5, 0.6) is 5.75 Å². The number of Topliss-reactive ketones (excluding diaryl/α,β-unsaturated/α-hetero) is 1. The first-order valence-corrected chi connectivity index (χ1v) is 7.21. The van der Waals surface area contributed by atoms with Crippen LogP contribution >= 0.6 is 0 Å². The van der Waals surface area contributed by atoms with Crippen molar-refractivity contribution in [3.8, 4) is 5.75 Å². The second-order valence-electron chi connectivity index (χ2n) is 5.89. The van der Waals surface area contributed by atoms with Crippen LogP contribution in [0.25, 0.3) is 0 Å². The molecule has 0 radical (unpaired) electrons. The van der Waals surface area contributed by atoms with Gasteiger partial charge in [-0.3, -0.25) is 4.79 Å². The number of piperidine rings is 1. The van der Waals surface area contributed by atoms with Crippen molar-refractivity contribution < 1.29 is 9.53 Å². The van der Waals surface area contributed by atoms with E-state index in [-0.39, 0.29) is 11.2 Å². The Balaban J connectivity index is 1.95. The van der Waals surface area contributed by atoms with Crippen LogP contribution in [-0.2, 0) is 6.42 Å². The molecule has 102 valence electrons. The van der Waals surface area contributed by atoms with Crippen LogP contribution in [0.2, 0.25) is 0 Å². The minimum Gasteiger partial charge on any atom is -0.493 e. The molecule has 1 saturated heterocycles. The van der Waals surface area contributed by atoms with Crippen molar-refractivity contribution in [3.63, 3.8) is 0 Å². The molecule has 2 aliphatic rings. The van der Waals surface area contributed by atoms with Gasteiger partial charge >= 0.3 is 0 Å². The minimum absolute atomic E-state index is 0.235. The fourth-order valence-corrected chi connectivity index (χ4v) is 3.10. The molecule has 0 saturated carbocycles. The Kier molecular flexibility index (Phi) is 3.31. The quantitative estimate of drug-likeness (QED) is 0.830. The Hall–Kier alpha value is -1.35. The maximum Gasteiger partial charge on any atom is 0.172 e. The number of hydrogen-bond donors (Lipinski definition) is 1. The summed E-state index contributed by atoms with van der Waals surface area (Å²) in [5.41, 5.74) is 1.75. The van der Waals surface area contributed by atoms with Gasteiger partial charge in [-0.15, -0.1) is 0 Å². The topological polar surface area (TPSA) is 38.3 Å². The van der Waals surface area contributed by atoms with Crippen LogP contribution in [0, 0.1) is 5.41 Å². The zero-order valence-electron chi connectivity index (χ0n) is 11.5. The molecule has 0 aromatic heterocycles. The minimum atomic E-state index is -0.235. The number of fused-ring (bicyclic) bond motifs is 1. The summed E-state index contributed by atoms with van der Waals surface area (Å²) < 4.78 is 5.78. The van der Waals surface area contributed by atoms with Crippen LogP contribution < -0.4 is 10.1 Å². The maximum absolute atomic E-state index is 12.9. The third-order valence-electron chi connectivity index (χ3n) is 4.43. The maximum atomic E-state index is 12.9. The van der Waals surface area contributed by atoms with E-state index in [9.17, 15) is 4.79 Å². The fourth-order valence-electron chi connectivity index (χ4n) is 3.10. The largest absolute Gasteiger partial charge is 0.493 e. The molecular weight excluding hydrogens is 238 g/mol. The molecular formula is C16H21NO2. The Bertz CT molecular complexity index is 490. The first-order chi connectivity index (χ1) is 9.21. The molecule has 0 spiro atoms. The van der Waals surface area contributed by atoms with Gasteiger partial charge in [-0.1, -0.05) is 19.1 Å². The summed E-state index contributed by atoms with van der Waals surface area (Å²) in [5, 5.41) is 3.33. The third kappa shape index (κ3) is 2.27. The van der Waals surface area contributed by atoms with Gasteiger partial charge in [-0.05, 0) is 50.4 Å². The number of para-hydroxylation sites is 1. The summed E-state index contributed by atoms with van der Waals surface area (Å²) in [7, 11) is 0. The SMILES string of the molecule is CC1(C(=O)c2cccc3c2OCCC3)CCNCC1. The average molecular weight is 259 g/mol. The van der Waals surface area contributed by atoms with Gasteiger partial charge in [0.15, 0.2) is 5.78 Å². The van der Waals surface area contributed by atoms with Gasteiger partial charge in [0.25, 0.3) is 0 Å². The van der Waals surface area contributed by atoms with Gasteiger partial charge in [0.2, 0.25) is 0 Å². The number of hydrogen-bond acceptors (Lipinski definition) is 3. The molecule has 3 heteroatoms. The number of carbonyl (C=O) groups excluding carboxylic acids is 1. The Labute approximate surface area is 114 Å². The van der Waals surface area contributed by atoms with Gasteiger partial charge < -0.3 is 10.1 Å². The molecule has 0 amide bonds. The number of aryl methyl sites for hydroxylation is 1. The summed E-state index contributed by atoms with van der Waals surface area (Å²) >= 11 is 0. The van der Waals surface area contributed by atoms with Gasteiger partial charge in [-0.2, -0.15) is 0 Å². The van der Waals surface area contributed by atoms with Gasteiger partial charge in [0.1, 0.15) is 5.75 Å². The number of ether oxygens (including phenoxy) is 1. The highest BCUT2D eigenvalue weighted by atomic mass is 16.5. The molecule has 1 aromatic rings.